The zero-order valence-electron chi connectivity index (χ0n) is 10.1. The zero-order valence-corrected chi connectivity index (χ0v) is 12.5. The highest BCUT2D eigenvalue weighted by atomic mass is 79.9. The Bertz CT molecular complexity index is 771. The number of aromatic nitrogens is 3. The number of nitrogens with one attached hydrogen (secondary N) is 2. The number of carboxylic acids is 1. The van der Waals surface area contributed by atoms with Crippen molar-refractivity contribution in [3.8, 4) is 0 Å². The van der Waals surface area contributed by atoms with Crippen LogP contribution in [-0.2, 0) is 10.0 Å². The van der Waals surface area contributed by atoms with Crippen LogP contribution in [0.1, 0.15) is 15.9 Å². The van der Waals surface area contributed by atoms with E-state index in [1.165, 1.54) is 6.20 Å². The topological polar surface area (TPSA) is 125 Å². The van der Waals surface area contributed by atoms with Crippen LogP contribution in [0.2, 0.25) is 0 Å². The summed E-state index contributed by atoms with van der Waals surface area (Å²) in [7, 11) is -4.08. The lowest BCUT2D eigenvalue weighted by Crippen LogP contribution is -2.17. The number of rotatable bonds is 4. The Balaban J connectivity index is 2.38. The van der Waals surface area contributed by atoms with Crippen molar-refractivity contribution in [1.29, 1.82) is 0 Å². The fourth-order valence-electron chi connectivity index (χ4n) is 1.45. The maximum Gasteiger partial charge on any atom is 0.340 e. The minimum absolute atomic E-state index is 0.219. The molecule has 0 atom stereocenters. The Hall–Kier alpha value is -1.94. The van der Waals surface area contributed by atoms with Crippen LogP contribution in [-0.4, -0.2) is 34.7 Å². The van der Waals surface area contributed by atoms with Gasteiger partial charge in [-0.3, -0.25) is 9.82 Å². The van der Waals surface area contributed by atoms with Crippen LogP contribution in [0.5, 0.6) is 0 Å². The number of sulfonamides is 1. The first kappa shape index (κ1) is 14.5. The smallest absolute Gasteiger partial charge is 0.340 e. The van der Waals surface area contributed by atoms with Gasteiger partial charge in [0, 0.05) is 0 Å². The van der Waals surface area contributed by atoms with Crippen molar-refractivity contribution in [1.82, 2.24) is 15.2 Å². The highest BCUT2D eigenvalue weighted by molar-refractivity contribution is 9.10. The Kier molecular flexibility index (Phi) is 3.77. The predicted octanol–water partition coefficient (Wildman–Crippen LogP) is 1.37. The molecular weight excluding hydrogens is 352 g/mol. The summed E-state index contributed by atoms with van der Waals surface area (Å²) >= 11 is 3.20. The van der Waals surface area contributed by atoms with Crippen LogP contribution in [0.15, 0.2) is 28.1 Å². The van der Waals surface area contributed by atoms with Crippen molar-refractivity contribution < 1.29 is 18.3 Å². The van der Waals surface area contributed by atoms with E-state index in [0.717, 1.165) is 11.8 Å². The van der Waals surface area contributed by atoms with Crippen molar-refractivity contribution >= 4 is 37.6 Å². The van der Waals surface area contributed by atoms with E-state index >= 15 is 0 Å². The van der Waals surface area contributed by atoms with Crippen molar-refractivity contribution in [3.63, 3.8) is 0 Å². The third-order valence-corrected chi connectivity index (χ3v) is 4.55. The Morgan fingerprint density at radius 1 is 1.45 bits per heavy atom. The fourth-order valence-corrected chi connectivity index (χ4v) is 2.79. The van der Waals surface area contributed by atoms with Gasteiger partial charge in [0.15, 0.2) is 5.03 Å². The molecule has 0 aliphatic heterocycles. The third-order valence-electron chi connectivity index (χ3n) is 2.37. The molecule has 0 unspecified atom stereocenters. The molecular formula is C10H9BrN4O4S. The molecule has 0 spiro atoms. The Labute approximate surface area is 122 Å². The standard InChI is InChI=1S/C10H9BrN4O4S/c1-5-2-6(3-12-8(5)11)15-20(18,19)9-7(10(16)17)4-13-14-9/h2-4,15H,1H3,(H,13,14)(H,16,17). The first-order valence-electron chi connectivity index (χ1n) is 5.23. The fraction of sp³-hybridized carbons (Fsp3) is 0.100. The lowest BCUT2D eigenvalue weighted by Gasteiger charge is -2.08. The van der Waals surface area contributed by atoms with Gasteiger partial charge in [0.2, 0.25) is 0 Å². The van der Waals surface area contributed by atoms with Crippen molar-refractivity contribution in [2.75, 3.05) is 4.72 Å². The molecule has 2 rings (SSSR count). The van der Waals surface area contributed by atoms with Crippen LogP contribution in [0.4, 0.5) is 5.69 Å². The van der Waals surface area contributed by atoms with Gasteiger partial charge in [0.25, 0.3) is 10.0 Å². The molecule has 0 saturated carbocycles. The molecule has 2 aromatic heterocycles. The van der Waals surface area contributed by atoms with Crippen LogP contribution < -0.4 is 4.72 Å². The molecule has 0 aliphatic rings. The molecule has 0 aliphatic carbocycles. The molecule has 0 fully saturated rings. The van der Waals surface area contributed by atoms with Crippen LogP contribution >= 0.6 is 15.9 Å². The summed E-state index contributed by atoms with van der Waals surface area (Å²) in [5.41, 5.74) is 0.518. The van der Waals surface area contributed by atoms with Gasteiger partial charge in [-0.2, -0.15) is 13.5 Å². The predicted molar refractivity (Wildman–Crippen MR) is 73.0 cm³/mol. The van der Waals surface area contributed by atoms with Crippen LogP contribution in [0, 0.1) is 6.92 Å². The van der Waals surface area contributed by atoms with Crippen molar-refractivity contribution in [2.45, 2.75) is 11.9 Å². The Morgan fingerprint density at radius 3 is 2.75 bits per heavy atom. The number of carbonyl (C=O) groups is 1. The molecule has 2 aromatic rings. The third kappa shape index (κ3) is 2.80. The maximum absolute atomic E-state index is 12.1. The molecule has 10 heteroatoms. The normalized spacial score (nSPS) is 11.3. The van der Waals surface area contributed by atoms with Crippen LogP contribution in [0.25, 0.3) is 0 Å². The van der Waals surface area contributed by atoms with E-state index in [1.54, 1.807) is 13.0 Å². The largest absolute Gasteiger partial charge is 0.478 e. The number of H-pyrrole nitrogens is 1. The second kappa shape index (κ2) is 5.21. The second-order valence-corrected chi connectivity index (χ2v) is 6.23. The lowest BCUT2D eigenvalue weighted by atomic mass is 10.3. The monoisotopic (exact) mass is 360 g/mol. The summed E-state index contributed by atoms with van der Waals surface area (Å²) in [6.07, 6.45) is 2.24. The van der Waals surface area contributed by atoms with Crippen molar-refractivity contribution in [2.24, 2.45) is 0 Å². The number of pyridine rings is 1. The van der Waals surface area contributed by atoms with Gasteiger partial charge in [-0.15, -0.1) is 0 Å². The number of nitrogens with zero attached hydrogens (tertiary/aromatic N) is 2. The van der Waals surface area contributed by atoms with E-state index in [0.29, 0.717) is 4.60 Å². The Morgan fingerprint density at radius 2 is 2.15 bits per heavy atom. The number of aromatic amines is 1. The summed E-state index contributed by atoms with van der Waals surface area (Å²) < 4.78 is 27.0. The van der Waals surface area contributed by atoms with Gasteiger partial charge in [0.1, 0.15) is 10.2 Å². The molecule has 20 heavy (non-hydrogen) atoms. The first-order chi connectivity index (χ1) is 9.31. The minimum atomic E-state index is -4.08. The molecule has 0 bridgehead atoms. The van der Waals surface area contributed by atoms with Gasteiger partial charge in [0.05, 0.1) is 18.1 Å². The second-order valence-electron chi connectivity index (χ2n) is 3.86. The van der Waals surface area contributed by atoms with Crippen LogP contribution in [0.3, 0.4) is 0 Å². The average molecular weight is 361 g/mol. The zero-order chi connectivity index (χ0) is 14.9. The van der Waals surface area contributed by atoms with Crippen molar-refractivity contribution in [3.05, 3.63) is 34.2 Å². The number of aryl methyl sites for hydroxylation is 1. The average Bonchev–Trinajstić information content (AvgIpc) is 2.83. The maximum atomic E-state index is 12.1. The lowest BCUT2D eigenvalue weighted by molar-refractivity contribution is 0.0692. The van der Waals surface area contributed by atoms with Gasteiger partial charge in [-0.25, -0.2) is 9.78 Å². The molecule has 2 heterocycles. The molecule has 8 nitrogen and oxygen atoms in total. The number of halogens is 1. The SMILES string of the molecule is Cc1cc(NS(=O)(=O)c2[nH]ncc2C(=O)O)cnc1Br. The minimum Gasteiger partial charge on any atom is -0.478 e. The first-order valence-corrected chi connectivity index (χ1v) is 7.50. The van der Waals surface area contributed by atoms with E-state index in [2.05, 4.69) is 35.8 Å². The summed E-state index contributed by atoms with van der Waals surface area (Å²) in [6.45, 7) is 1.74. The molecule has 0 radical (unpaired) electrons. The summed E-state index contributed by atoms with van der Waals surface area (Å²) in [4.78, 5) is 14.9. The number of aromatic carboxylic acids is 1. The number of carboxylic acid groups (broad SMARTS) is 1. The molecule has 106 valence electrons. The molecule has 0 aromatic carbocycles. The molecule has 3 N–H and O–H groups in total. The van der Waals surface area contributed by atoms with E-state index in [4.69, 9.17) is 5.11 Å². The summed E-state index contributed by atoms with van der Waals surface area (Å²) in [5, 5.41) is 14.0. The highest BCUT2D eigenvalue weighted by Gasteiger charge is 2.25. The van der Waals surface area contributed by atoms with Gasteiger partial charge < -0.3 is 5.11 Å². The van der Waals surface area contributed by atoms with Gasteiger partial charge >= 0.3 is 5.97 Å². The highest BCUT2D eigenvalue weighted by Crippen LogP contribution is 2.20. The van der Waals surface area contributed by atoms with Gasteiger partial charge in [-0.1, -0.05) is 0 Å². The van der Waals surface area contributed by atoms with E-state index in [1.807, 2.05) is 0 Å². The quantitative estimate of drug-likeness (QED) is 0.707. The number of hydrogen-bond donors (Lipinski definition) is 3. The van der Waals surface area contributed by atoms with E-state index in [-0.39, 0.29) is 5.69 Å². The van der Waals surface area contributed by atoms with E-state index < -0.39 is 26.6 Å². The number of hydrogen-bond acceptors (Lipinski definition) is 5. The van der Waals surface area contributed by atoms with E-state index in [9.17, 15) is 13.2 Å². The molecule has 0 saturated heterocycles. The van der Waals surface area contributed by atoms with Gasteiger partial charge in [-0.05, 0) is 34.5 Å². The summed E-state index contributed by atoms with van der Waals surface area (Å²) in [6, 6.07) is 1.56. The molecule has 0 amide bonds. The number of anilines is 1. The summed E-state index contributed by atoms with van der Waals surface area (Å²) in [5.74, 6) is -1.38.